The predicted octanol–water partition coefficient (Wildman–Crippen LogP) is 0.754. The molecule has 1 aliphatic heterocycles. The Bertz CT molecular complexity index is 374. The van der Waals surface area contributed by atoms with E-state index >= 15 is 0 Å². The molecule has 102 valence electrons. The van der Waals surface area contributed by atoms with Gasteiger partial charge in [0.15, 0.2) is 0 Å². The fourth-order valence-corrected chi connectivity index (χ4v) is 2.74. The van der Waals surface area contributed by atoms with Crippen molar-refractivity contribution in [3.8, 4) is 0 Å². The Labute approximate surface area is 108 Å². The number of nitrogens with one attached hydrogen (secondary N) is 1. The van der Waals surface area contributed by atoms with Crippen LogP contribution in [-0.4, -0.2) is 48.0 Å². The summed E-state index contributed by atoms with van der Waals surface area (Å²) in [5, 5.41) is 11.5. The van der Waals surface area contributed by atoms with Crippen molar-refractivity contribution in [2.75, 3.05) is 27.4 Å². The molecule has 1 saturated heterocycles. The maximum atomic E-state index is 5.84. The lowest BCUT2D eigenvalue weighted by Gasteiger charge is -2.42. The van der Waals surface area contributed by atoms with Crippen molar-refractivity contribution in [1.29, 1.82) is 0 Å². The molecule has 0 saturated carbocycles. The molecule has 18 heavy (non-hydrogen) atoms. The average molecular weight is 254 g/mol. The molecule has 2 heterocycles. The van der Waals surface area contributed by atoms with Crippen LogP contribution in [0.15, 0.2) is 6.20 Å². The summed E-state index contributed by atoms with van der Waals surface area (Å²) in [6, 6.07) is 0.0846. The molecule has 1 N–H and O–H groups in total. The van der Waals surface area contributed by atoms with Gasteiger partial charge in [0.05, 0.1) is 23.5 Å². The quantitative estimate of drug-likeness (QED) is 0.840. The van der Waals surface area contributed by atoms with Crippen LogP contribution in [0.3, 0.4) is 0 Å². The van der Waals surface area contributed by atoms with Gasteiger partial charge in [0, 0.05) is 39.7 Å². The molecule has 1 fully saturated rings. The molecule has 0 radical (unpaired) electrons. The number of aromatic nitrogens is 3. The topological polar surface area (TPSA) is 61.2 Å². The molecule has 0 spiro atoms. The van der Waals surface area contributed by atoms with Gasteiger partial charge >= 0.3 is 0 Å². The summed E-state index contributed by atoms with van der Waals surface area (Å²) >= 11 is 0. The molecule has 1 atom stereocenters. The number of hydrogen-bond acceptors (Lipinski definition) is 5. The van der Waals surface area contributed by atoms with E-state index in [4.69, 9.17) is 9.47 Å². The number of rotatable bonds is 5. The molecule has 0 aliphatic carbocycles. The highest BCUT2D eigenvalue weighted by Crippen LogP contribution is 2.36. The minimum absolute atomic E-state index is 0.0846. The van der Waals surface area contributed by atoms with E-state index < -0.39 is 0 Å². The molecule has 1 aliphatic rings. The van der Waals surface area contributed by atoms with Gasteiger partial charge in [-0.1, -0.05) is 5.21 Å². The van der Waals surface area contributed by atoms with Gasteiger partial charge < -0.3 is 14.8 Å². The van der Waals surface area contributed by atoms with Crippen LogP contribution in [-0.2, 0) is 16.0 Å². The third-order valence-electron chi connectivity index (χ3n) is 3.80. The normalized spacial score (nSPS) is 20.8. The molecule has 0 aromatic carbocycles. The number of likely N-dealkylation sites (N-methyl/N-ethyl adjacent to an activating group) is 1. The van der Waals surface area contributed by atoms with Crippen molar-refractivity contribution in [1.82, 2.24) is 20.3 Å². The van der Waals surface area contributed by atoms with Crippen LogP contribution in [0.2, 0.25) is 0 Å². The monoisotopic (exact) mass is 254 g/mol. The van der Waals surface area contributed by atoms with E-state index in [1.54, 1.807) is 7.11 Å². The summed E-state index contributed by atoms with van der Waals surface area (Å²) < 4.78 is 13.2. The van der Waals surface area contributed by atoms with Gasteiger partial charge in [-0.3, -0.25) is 0 Å². The van der Waals surface area contributed by atoms with E-state index in [1.807, 2.05) is 17.9 Å². The Hall–Kier alpha value is -0.980. The summed E-state index contributed by atoms with van der Waals surface area (Å²) in [7, 11) is 3.73. The molecule has 6 heteroatoms. The van der Waals surface area contributed by atoms with Crippen molar-refractivity contribution in [3.63, 3.8) is 0 Å². The van der Waals surface area contributed by atoms with Crippen molar-refractivity contribution in [2.45, 2.75) is 38.0 Å². The highest BCUT2D eigenvalue weighted by atomic mass is 16.5. The second kappa shape index (κ2) is 5.77. The predicted molar refractivity (Wildman–Crippen MR) is 67.3 cm³/mol. The first-order valence-corrected chi connectivity index (χ1v) is 6.46. The first-order valence-electron chi connectivity index (χ1n) is 6.46. The highest BCUT2D eigenvalue weighted by molar-refractivity contribution is 5.11. The van der Waals surface area contributed by atoms with Crippen molar-refractivity contribution < 1.29 is 9.47 Å². The number of ether oxygens (including phenoxy) is 2. The van der Waals surface area contributed by atoms with Gasteiger partial charge in [-0.2, -0.15) is 0 Å². The van der Waals surface area contributed by atoms with Crippen molar-refractivity contribution in [2.24, 2.45) is 0 Å². The van der Waals surface area contributed by atoms with E-state index in [9.17, 15) is 0 Å². The Kier molecular flexibility index (Phi) is 4.31. The van der Waals surface area contributed by atoms with E-state index in [0.717, 1.165) is 38.3 Å². The smallest absolute Gasteiger partial charge is 0.0932 e. The van der Waals surface area contributed by atoms with Crippen LogP contribution in [0.1, 0.15) is 31.5 Å². The van der Waals surface area contributed by atoms with E-state index in [-0.39, 0.29) is 11.6 Å². The summed E-state index contributed by atoms with van der Waals surface area (Å²) in [6.45, 7) is 4.34. The first kappa shape index (κ1) is 13.5. The molecule has 0 bridgehead atoms. The van der Waals surface area contributed by atoms with Crippen LogP contribution in [0.4, 0.5) is 0 Å². The summed E-state index contributed by atoms with van der Waals surface area (Å²) in [6.07, 6.45) is 3.58. The molecule has 1 aromatic rings. The zero-order chi connectivity index (χ0) is 13.0. The van der Waals surface area contributed by atoms with Gasteiger partial charge in [-0.15, -0.1) is 5.10 Å². The maximum absolute atomic E-state index is 5.84. The molecule has 1 unspecified atom stereocenters. The molecule has 1 aromatic heterocycles. The lowest BCUT2D eigenvalue weighted by molar-refractivity contribution is -0.111. The van der Waals surface area contributed by atoms with Crippen molar-refractivity contribution in [3.05, 3.63) is 11.9 Å². The molecule has 6 nitrogen and oxygen atoms in total. The number of methoxy groups -OCH3 is 1. The third-order valence-corrected chi connectivity index (χ3v) is 3.80. The van der Waals surface area contributed by atoms with Gasteiger partial charge in [0.25, 0.3) is 0 Å². The van der Waals surface area contributed by atoms with Gasteiger partial charge in [-0.05, 0) is 14.0 Å². The Morgan fingerprint density at radius 3 is 2.83 bits per heavy atom. The maximum Gasteiger partial charge on any atom is 0.0932 e. The fraction of sp³-hybridized carbons (Fsp3) is 0.833. The molecular weight excluding hydrogens is 232 g/mol. The second-order valence-corrected chi connectivity index (χ2v) is 4.58. The minimum Gasteiger partial charge on any atom is -0.381 e. The molecule has 0 amide bonds. The zero-order valence-electron chi connectivity index (χ0n) is 11.3. The zero-order valence-corrected chi connectivity index (χ0v) is 11.3. The van der Waals surface area contributed by atoms with Crippen LogP contribution >= 0.6 is 0 Å². The summed E-state index contributed by atoms with van der Waals surface area (Å²) in [4.78, 5) is 0. The largest absolute Gasteiger partial charge is 0.381 e. The SMILES string of the molecule is CCn1nncc1C(NC)C1(OC)CCOCC1. The Balaban J connectivity index is 2.31. The van der Waals surface area contributed by atoms with Crippen LogP contribution in [0.5, 0.6) is 0 Å². The van der Waals surface area contributed by atoms with E-state index in [0.29, 0.717) is 0 Å². The van der Waals surface area contributed by atoms with Crippen LogP contribution < -0.4 is 5.32 Å². The van der Waals surface area contributed by atoms with E-state index in [2.05, 4.69) is 22.6 Å². The molecular formula is C12H22N4O2. The summed E-state index contributed by atoms with van der Waals surface area (Å²) in [5.41, 5.74) is 0.838. The number of aryl methyl sites for hydroxylation is 1. The van der Waals surface area contributed by atoms with Gasteiger partial charge in [0.1, 0.15) is 0 Å². The Morgan fingerprint density at radius 2 is 2.28 bits per heavy atom. The van der Waals surface area contributed by atoms with E-state index in [1.165, 1.54) is 0 Å². The Morgan fingerprint density at radius 1 is 1.56 bits per heavy atom. The summed E-state index contributed by atoms with van der Waals surface area (Å²) in [5.74, 6) is 0. The number of nitrogens with zero attached hydrogens (tertiary/aromatic N) is 3. The lowest BCUT2D eigenvalue weighted by Crippen LogP contribution is -2.49. The van der Waals surface area contributed by atoms with Gasteiger partial charge in [0.2, 0.25) is 0 Å². The lowest BCUT2D eigenvalue weighted by atomic mass is 9.84. The molecule has 2 rings (SSSR count). The minimum atomic E-state index is -0.234. The van der Waals surface area contributed by atoms with Crippen LogP contribution in [0, 0.1) is 0 Å². The number of hydrogen-bond donors (Lipinski definition) is 1. The second-order valence-electron chi connectivity index (χ2n) is 4.58. The van der Waals surface area contributed by atoms with Crippen molar-refractivity contribution >= 4 is 0 Å². The first-order chi connectivity index (χ1) is 8.77. The fourth-order valence-electron chi connectivity index (χ4n) is 2.74. The highest BCUT2D eigenvalue weighted by Gasteiger charge is 2.42. The average Bonchev–Trinajstić information content (AvgIpc) is 2.89. The standard InChI is InChI=1S/C12H22N4O2/c1-4-16-10(9-14-15-16)11(13-2)12(17-3)5-7-18-8-6-12/h9,11,13H,4-8H2,1-3H3. The van der Waals surface area contributed by atoms with Gasteiger partial charge in [-0.25, -0.2) is 4.68 Å². The van der Waals surface area contributed by atoms with Crippen LogP contribution in [0.25, 0.3) is 0 Å². The third kappa shape index (κ3) is 2.28.